The molecule has 2 N–H and O–H groups in total. The second-order valence-corrected chi connectivity index (χ2v) is 9.72. The quantitative estimate of drug-likeness (QED) is 0.379. The third kappa shape index (κ3) is 5.75. The van der Waals surface area contributed by atoms with Crippen LogP contribution in [0.4, 0.5) is 15.8 Å². The third-order valence-corrected chi connectivity index (χ3v) is 6.57. The Morgan fingerprint density at radius 1 is 0.914 bits per heavy atom. The van der Waals surface area contributed by atoms with Crippen molar-refractivity contribution >= 4 is 78.3 Å². The van der Waals surface area contributed by atoms with Gasteiger partial charge in [0.05, 0.1) is 12.1 Å². The Labute approximate surface area is 222 Å². The Balaban J connectivity index is 1.59. The van der Waals surface area contributed by atoms with E-state index in [1.54, 1.807) is 48.5 Å². The van der Waals surface area contributed by atoms with Gasteiger partial charge < -0.3 is 5.32 Å². The minimum Gasteiger partial charge on any atom is -0.326 e. The number of nitrogens with zero attached hydrogens (tertiary/aromatic N) is 2. The van der Waals surface area contributed by atoms with Crippen molar-refractivity contribution in [3.8, 4) is 0 Å². The minimum absolute atomic E-state index is 0.0338. The molecule has 0 spiro atoms. The lowest BCUT2D eigenvalue weighted by atomic mass is 10.1. The van der Waals surface area contributed by atoms with Crippen molar-refractivity contribution in [3.63, 3.8) is 0 Å². The number of rotatable bonds is 6. The number of carbonyl (C=O) groups excluding carboxylic acids is 3. The molecular formula is C24H17Br2FN4O3S. The molecule has 1 atom stereocenters. The van der Waals surface area contributed by atoms with E-state index in [-0.39, 0.29) is 11.5 Å². The standard InChI is InChI=1S/C24H17Br2FN4O3S/c25-15-3-1-14(2-4-15)22(33)29-31-20(13-21(32)28-18-9-5-16(26)6-10-18)23(34)30(24(31)35)19-11-7-17(27)8-12-19/h1-12,20H,13H2,(H,28,32)(H,29,33). The second kappa shape index (κ2) is 10.6. The molecule has 0 aliphatic carbocycles. The normalized spacial score (nSPS) is 15.3. The molecule has 0 bridgehead atoms. The Morgan fingerprint density at radius 2 is 1.49 bits per heavy atom. The predicted molar refractivity (Wildman–Crippen MR) is 141 cm³/mol. The van der Waals surface area contributed by atoms with Gasteiger partial charge in [0.1, 0.15) is 11.9 Å². The molecule has 1 heterocycles. The van der Waals surface area contributed by atoms with E-state index in [9.17, 15) is 18.8 Å². The molecule has 0 aromatic heterocycles. The lowest BCUT2D eigenvalue weighted by molar-refractivity contribution is -0.124. The Kier molecular flexibility index (Phi) is 7.58. The van der Waals surface area contributed by atoms with Gasteiger partial charge in [0.15, 0.2) is 0 Å². The molecule has 1 unspecified atom stereocenters. The lowest BCUT2D eigenvalue weighted by Crippen LogP contribution is -2.49. The van der Waals surface area contributed by atoms with Crippen LogP contribution in [0.1, 0.15) is 16.8 Å². The van der Waals surface area contributed by atoms with Crippen molar-refractivity contribution < 1.29 is 18.8 Å². The maximum Gasteiger partial charge on any atom is 0.269 e. The van der Waals surface area contributed by atoms with Crippen molar-refractivity contribution in [2.45, 2.75) is 12.5 Å². The van der Waals surface area contributed by atoms with Crippen molar-refractivity contribution in [1.29, 1.82) is 0 Å². The lowest BCUT2D eigenvalue weighted by Gasteiger charge is -2.24. The molecule has 3 amide bonds. The van der Waals surface area contributed by atoms with Gasteiger partial charge in [0.2, 0.25) is 11.0 Å². The van der Waals surface area contributed by atoms with Crippen LogP contribution in [0.25, 0.3) is 0 Å². The first-order valence-electron chi connectivity index (χ1n) is 10.3. The van der Waals surface area contributed by atoms with E-state index in [1.165, 1.54) is 34.2 Å². The molecular weight excluding hydrogens is 603 g/mol. The van der Waals surface area contributed by atoms with Gasteiger partial charge in [-0.15, -0.1) is 0 Å². The molecule has 11 heteroatoms. The molecule has 1 aliphatic heterocycles. The molecule has 1 saturated heterocycles. The average molecular weight is 620 g/mol. The number of halogens is 3. The zero-order valence-electron chi connectivity index (χ0n) is 17.9. The van der Waals surface area contributed by atoms with Gasteiger partial charge in [-0.3, -0.25) is 24.7 Å². The Hall–Kier alpha value is -3.15. The molecule has 178 valence electrons. The van der Waals surface area contributed by atoms with E-state index in [1.807, 2.05) is 0 Å². The van der Waals surface area contributed by atoms with Gasteiger partial charge in [0, 0.05) is 20.2 Å². The van der Waals surface area contributed by atoms with E-state index in [2.05, 4.69) is 42.6 Å². The number of carbonyl (C=O) groups is 3. The van der Waals surface area contributed by atoms with Crippen LogP contribution in [0.15, 0.2) is 81.7 Å². The summed E-state index contributed by atoms with van der Waals surface area (Å²) in [5.74, 6) is -1.95. The fraction of sp³-hybridized carbons (Fsp3) is 0.0833. The van der Waals surface area contributed by atoms with Crippen LogP contribution >= 0.6 is 44.1 Å². The van der Waals surface area contributed by atoms with Crippen LogP contribution in [0.3, 0.4) is 0 Å². The first-order valence-corrected chi connectivity index (χ1v) is 12.3. The van der Waals surface area contributed by atoms with Gasteiger partial charge in [-0.25, -0.2) is 9.40 Å². The highest BCUT2D eigenvalue weighted by molar-refractivity contribution is 9.10. The monoisotopic (exact) mass is 618 g/mol. The van der Waals surface area contributed by atoms with Crippen LogP contribution < -0.4 is 15.6 Å². The number of hydrogen-bond donors (Lipinski definition) is 2. The minimum atomic E-state index is -1.11. The van der Waals surface area contributed by atoms with Gasteiger partial charge in [-0.2, -0.15) is 0 Å². The topological polar surface area (TPSA) is 81.8 Å². The van der Waals surface area contributed by atoms with Crippen molar-refractivity contribution in [2.75, 3.05) is 10.2 Å². The summed E-state index contributed by atoms with van der Waals surface area (Å²) in [5.41, 5.74) is 3.85. The van der Waals surface area contributed by atoms with Crippen molar-refractivity contribution in [2.24, 2.45) is 0 Å². The summed E-state index contributed by atoms with van der Waals surface area (Å²) >= 11 is 12.1. The Morgan fingerprint density at radius 3 is 2.09 bits per heavy atom. The molecule has 35 heavy (non-hydrogen) atoms. The summed E-state index contributed by atoms with van der Waals surface area (Å²) in [5, 5.41) is 3.90. The highest BCUT2D eigenvalue weighted by Gasteiger charge is 2.45. The van der Waals surface area contributed by atoms with E-state index in [0.717, 1.165) is 8.95 Å². The number of amides is 3. The van der Waals surface area contributed by atoms with E-state index in [4.69, 9.17) is 12.2 Å². The zero-order valence-corrected chi connectivity index (χ0v) is 21.9. The highest BCUT2D eigenvalue weighted by Crippen LogP contribution is 2.27. The molecule has 1 aliphatic rings. The number of hydrogen-bond acceptors (Lipinski definition) is 4. The molecule has 4 rings (SSSR count). The average Bonchev–Trinajstić information content (AvgIpc) is 3.05. The largest absolute Gasteiger partial charge is 0.326 e. The Bertz CT molecular complexity index is 1290. The number of anilines is 2. The van der Waals surface area contributed by atoms with Crippen LogP contribution in [-0.4, -0.2) is 33.9 Å². The smallest absolute Gasteiger partial charge is 0.269 e. The van der Waals surface area contributed by atoms with E-state index < -0.39 is 29.6 Å². The first kappa shape index (κ1) is 25.0. The molecule has 7 nitrogen and oxygen atoms in total. The number of nitrogens with one attached hydrogen (secondary N) is 2. The number of hydrazine groups is 1. The van der Waals surface area contributed by atoms with Gasteiger partial charge in [-0.05, 0) is 85.0 Å². The predicted octanol–water partition coefficient (Wildman–Crippen LogP) is 5.03. The zero-order chi connectivity index (χ0) is 25.1. The van der Waals surface area contributed by atoms with Crippen LogP contribution in [0.5, 0.6) is 0 Å². The summed E-state index contributed by atoms with van der Waals surface area (Å²) in [6, 6.07) is 17.7. The molecule has 3 aromatic carbocycles. The fourth-order valence-electron chi connectivity index (χ4n) is 3.42. The summed E-state index contributed by atoms with van der Waals surface area (Å²) < 4.78 is 15.1. The first-order chi connectivity index (χ1) is 16.7. The summed E-state index contributed by atoms with van der Waals surface area (Å²) in [6.45, 7) is 0. The molecule has 3 aromatic rings. The van der Waals surface area contributed by atoms with Gasteiger partial charge in [-0.1, -0.05) is 31.9 Å². The van der Waals surface area contributed by atoms with Gasteiger partial charge >= 0.3 is 0 Å². The van der Waals surface area contributed by atoms with E-state index >= 15 is 0 Å². The van der Waals surface area contributed by atoms with Crippen LogP contribution in [0, 0.1) is 5.82 Å². The van der Waals surface area contributed by atoms with Crippen molar-refractivity contribution in [1.82, 2.24) is 10.4 Å². The number of thiocarbonyl (C=S) groups is 1. The van der Waals surface area contributed by atoms with Gasteiger partial charge in [0.25, 0.3) is 11.8 Å². The number of benzene rings is 3. The maximum absolute atomic E-state index is 13.5. The SMILES string of the molecule is O=C(CC1C(=O)N(c2ccc(F)cc2)C(=S)N1NC(=O)c1ccc(Br)cc1)Nc1ccc(Br)cc1. The maximum atomic E-state index is 13.5. The highest BCUT2D eigenvalue weighted by atomic mass is 79.9. The third-order valence-electron chi connectivity index (χ3n) is 5.13. The van der Waals surface area contributed by atoms with E-state index in [0.29, 0.717) is 16.9 Å². The summed E-state index contributed by atoms with van der Waals surface area (Å²) in [6.07, 6.45) is -0.284. The fourth-order valence-corrected chi connectivity index (χ4v) is 4.32. The molecule has 0 saturated carbocycles. The molecule has 1 fully saturated rings. The summed E-state index contributed by atoms with van der Waals surface area (Å²) in [7, 11) is 0. The molecule has 0 radical (unpaired) electrons. The van der Waals surface area contributed by atoms with Crippen LogP contribution in [-0.2, 0) is 9.59 Å². The van der Waals surface area contributed by atoms with Crippen molar-refractivity contribution in [3.05, 3.63) is 93.1 Å². The summed E-state index contributed by atoms with van der Waals surface area (Å²) in [4.78, 5) is 40.2. The van der Waals surface area contributed by atoms with Crippen LogP contribution in [0.2, 0.25) is 0 Å². The second-order valence-electron chi connectivity index (χ2n) is 7.53.